The smallest absolute Gasteiger partial charge is 0.0970 e. The fourth-order valence-electron chi connectivity index (χ4n) is 0.892. The van der Waals surface area contributed by atoms with Crippen LogP contribution in [-0.2, 0) is 4.74 Å². The van der Waals surface area contributed by atoms with E-state index in [0.29, 0.717) is 0 Å². The van der Waals surface area contributed by atoms with Crippen LogP contribution >= 0.6 is 11.8 Å². The number of hydrogen-bond donors (Lipinski definition) is 0. The van der Waals surface area contributed by atoms with Crippen molar-refractivity contribution in [1.82, 2.24) is 0 Å². The van der Waals surface area contributed by atoms with Crippen LogP contribution in [0.5, 0.6) is 0 Å². The minimum absolute atomic E-state index is 0.731. The third-order valence-corrected chi connectivity index (χ3v) is 2.42. The highest BCUT2D eigenvalue weighted by molar-refractivity contribution is 7.99. The van der Waals surface area contributed by atoms with Crippen LogP contribution in [-0.4, -0.2) is 12.4 Å². The molecular formula is C11H14OS. The lowest BCUT2D eigenvalue weighted by molar-refractivity contribution is 0.236. The zero-order valence-electron chi connectivity index (χ0n) is 7.82. The molecule has 0 aliphatic rings. The van der Waals surface area contributed by atoms with Crippen molar-refractivity contribution >= 4 is 11.8 Å². The number of ether oxygens (including phenoxy) is 1. The average molecular weight is 194 g/mol. The lowest BCUT2D eigenvalue weighted by Gasteiger charge is -2.04. The number of allylic oxidation sites excluding steroid dienone is 1. The molecule has 0 spiro atoms. The number of benzene rings is 1. The van der Waals surface area contributed by atoms with Crippen molar-refractivity contribution in [2.45, 2.75) is 11.8 Å². The van der Waals surface area contributed by atoms with Gasteiger partial charge in [0.2, 0.25) is 0 Å². The van der Waals surface area contributed by atoms with E-state index in [2.05, 4.69) is 18.7 Å². The van der Waals surface area contributed by atoms with Crippen molar-refractivity contribution in [3.8, 4) is 0 Å². The number of thioether (sulfide) groups is 1. The fourth-order valence-corrected chi connectivity index (χ4v) is 1.64. The molecule has 0 radical (unpaired) electrons. The summed E-state index contributed by atoms with van der Waals surface area (Å²) in [5.41, 5.74) is 0. The van der Waals surface area contributed by atoms with E-state index in [1.54, 1.807) is 11.8 Å². The van der Waals surface area contributed by atoms with Gasteiger partial charge in [0, 0.05) is 10.6 Å². The monoisotopic (exact) mass is 194 g/mol. The predicted octanol–water partition coefficient (Wildman–Crippen LogP) is 3.33. The zero-order chi connectivity index (χ0) is 9.52. The van der Waals surface area contributed by atoms with Gasteiger partial charge in [-0.3, -0.25) is 0 Å². The van der Waals surface area contributed by atoms with Gasteiger partial charge in [0.1, 0.15) is 0 Å². The maximum atomic E-state index is 5.25. The van der Waals surface area contributed by atoms with Crippen LogP contribution in [0, 0.1) is 0 Å². The fraction of sp³-hybridized carbons (Fsp3) is 0.273. The Hall–Kier alpha value is -0.890. The Labute approximate surface area is 83.8 Å². The molecule has 0 heterocycles. The van der Waals surface area contributed by atoms with Gasteiger partial charge in [0.15, 0.2) is 0 Å². The Morgan fingerprint density at radius 1 is 1.38 bits per heavy atom. The molecule has 2 heteroatoms. The van der Waals surface area contributed by atoms with E-state index < -0.39 is 0 Å². The first kappa shape index (κ1) is 10.2. The van der Waals surface area contributed by atoms with Crippen molar-refractivity contribution in [2.75, 3.05) is 12.4 Å². The summed E-state index contributed by atoms with van der Waals surface area (Å²) in [6.07, 6.45) is 0. The number of rotatable bonds is 5. The molecule has 0 saturated carbocycles. The van der Waals surface area contributed by atoms with Gasteiger partial charge in [0.25, 0.3) is 0 Å². The number of hydrogen-bond acceptors (Lipinski definition) is 2. The molecule has 13 heavy (non-hydrogen) atoms. The Kier molecular flexibility index (Phi) is 4.47. The van der Waals surface area contributed by atoms with Crippen molar-refractivity contribution in [2.24, 2.45) is 0 Å². The molecule has 0 fully saturated rings. The second-order valence-electron chi connectivity index (χ2n) is 2.71. The molecule has 0 aliphatic heterocycles. The van der Waals surface area contributed by atoms with Crippen molar-refractivity contribution < 1.29 is 4.74 Å². The van der Waals surface area contributed by atoms with Gasteiger partial charge in [-0.05, 0) is 19.1 Å². The van der Waals surface area contributed by atoms with Gasteiger partial charge in [-0.25, -0.2) is 0 Å². The van der Waals surface area contributed by atoms with Gasteiger partial charge in [-0.2, -0.15) is 0 Å². The molecule has 70 valence electrons. The third kappa shape index (κ3) is 4.63. The summed E-state index contributed by atoms with van der Waals surface area (Å²) in [4.78, 5) is 1.29. The average Bonchev–Trinajstić information content (AvgIpc) is 2.14. The van der Waals surface area contributed by atoms with Crippen LogP contribution in [0.15, 0.2) is 47.6 Å². The van der Waals surface area contributed by atoms with Crippen LogP contribution in [0.2, 0.25) is 0 Å². The SMILES string of the molecule is C=C(C)OCCSc1ccccc1. The summed E-state index contributed by atoms with van der Waals surface area (Å²) >= 11 is 1.80. The Bertz CT molecular complexity index is 256. The maximum Gasteiger partial charge on any atom is 0.0970 e. The second kappa shape index (κ2) is 5.70. The van der Waals surface area contributed by atoms with Crippen molar-refractivity contribution in [3.05, 3.63) is 42.7 Å². The van der Waals surface area contributed by atoms with Crippen LogP contribution in [0.3, 0.4) is 0 Å². The van der Waals surface area contributed by atoms with E-state index >= 15 is 0 Å². The molecule has 1 aromatic rings. The third-order valence-electron chi connectivity index (χ3n) is 1.44. The summed E-state index contributed by atoms with van der Waals surface area (Å²) in [5.74, 6) is 1.75. The molecule has 0 unspecified atom stereocenters. The quantitative estimate of drug-likeness (QED) is 0.404. The molecular weight excluding hydrogens is 180 g/mol. The summed E-state index contributed by atoms with van der Waals surface area (Å²) in [7, 11) is 0. The first-order chi connectivity index (χ1) is 6.29. The topological polar surface area (TPSA) is 9.23 Å². The predicted molar refractivity (Wildman–Crippen MR) is 57.9 cm³/mol. The lowest BCUT2D eigenvalue weighted by atomic mass is 10.4. The molecule has 0 saturated heterocycles. The summed E-state index contributed by atoms with van der Waals surface area (Å²) < 4.78 is 5.25. The van der Waals surface area contributed by atoms with Crippen LogP contribution < -0.4 is 0 Å². The highest BCUT2D eigenvalue weighted by Crippen LogP contribution is 2.16. The first-order valence-electron chi connectivity index (χ1n) is 4.25. The molecule has 0 bridgehead atoms. The standard InChI is InChI=1S/C11H14OS/c1-10(2)12-8-9-13-11-6-4-3-5-7-11/h3-7H,1,8-9H2,2H3. The van der Waals surface area contributed by atoms with E-state index in [0.717, 1.165) is 18.1 Å². The van der Waals surface area contributed by atoms with Crippen LogP contribution in [0.25, 0.3) is 0 Å². The first-order valence-corrected chi connectivity index (χ1v) is 5.24. The minimum Gasteiger partial charge on any atom is -0.498 e. The van der Waals surface area contributed by atoms with E-state index in [1.807, 2.05) is 25.1 Å². The van der Waals surface area contributed by atoms with E-state index in [1.165, 1.54) is 4.90 Å². The lowest BCUT2D eigenvalue weighted by Crippen LogP contribution is -1.93. The van der Waals surface area contributed by atoms with Gasteiger partial charge in [-0.1, -0.05) is 24.8 Å². The molecule has 0 N–H and O–H groups in total. The van der Waals surface area contributed by atoms with Crippen molar-refractivity contribution in [1.29, 1.82) is 0 Å². The van der Waals surface area contributed by atoms with Gasteiger partial charge < -0.3 is 4.74 Å². The molecule has 1 aromatic carbocycles. The molecule has 0 aliphatic carbocycles. The van der Waals surface area contributed by atoms with Gasteiger partial charge in [0.05, 0.1) is 12.4 Å². The highest BCUT2D eigenvalue weighted by atomic mass is 32.2. The normalized spacial score (nSPS) is 9.62. The second-order valence-corrected chi connectivity index (χ2v) is 3.88. The Morgan fingerprint density at radius 3 is 2.69 bits per heavy atom. The van der Waals surface area contributed by atoms with E-state index in [4.69, 9.17) is 4.74 Å². The largest absolute Gasteiger partial charge is 0.498 e. The van der Waals surface area contributed by atoms with Crippen LogP contribution in [0.4, 0.5) is 0 Å². The van der Waals surface area contributed by atoms with Crippen molar-refractivity contribution in [3.63, 3.8) is 0 Å². The van der Waals surface area contributed by atoms with Gasteiger partial charge >= 0.3 is 0 Å². The van der Waals surface area contributed by atoms with Gasteiger partial charge in [-0.15, -0.1) is 11.8 Å². The summed E-state index contributed by atoms with van der Waals surface area (Å²) in [5, 5.41) is 0. The van der Waals surface area contributed by atoms with Crippen LogP contribution in [0.1, 0.15) is 6.92 Å². The summed E-state index contributed by atoms with van der Waals surface area (Å²) in [6, 6.07) is 10.3. The zero-order valence-corrected chi connectivity index (χ0v) is 8.64. The molecule has 1 rings (SSSR count). The molecule has 0 aromatic heterocycles. The summed E-state index contributed by atoms with van der Waals surface area (Å²) in [6.45, 7) is 6.27. The Morgan fingerprint density at radius 2 is 2.08 bits per heavy atom. The molecule has 1 nitrogen and oxygen atoms in total. The van der Waals surface area contributed by atoms with E-state index in [9.17, 15) is 0 Å². The maximum absolute atomic E-state index is 5.25. The Balaban J connectivity index is 2.17. The van der Waals surface area contributed by atoms with E-state index in [-0.39, 0.29) is 0 Å². The highest BCUT2D eigenvalue weighted by Gasteiger charge is 1.92. The molecule has 0 atom stereocenters. The minimum atomic E-state index is 0.731. The molecule has 0 amide bonds.